The predicted molar refractivity (Wildman–Crippen MR) is 79.4 cm³/mol. The van der Waals surface area contributed by atoms with Crippen LogP contribution in [0.5, 0.6) is 0 Å². The van der Waals surface area contributed by atoms with Crippen LogP contribution < -0.4 is 16.8 Å². The molecule has 5 N–H and O–H groups in total. The van der Waals surface area contributed by atoms with Gasteiger partial charge in [0.2, 0.25) is 5.95 Å². The largest absolute Gasteiger partial charge is 0.383 e. The second-order valence-electron chi connectivity index (χ2n) is 4.86. The fourth-order valence-corrected chi connectivity index (χ4v) is 2.02. The monoisotopic (exact) mass is 257 g/mol. The molecule has 0 saturated carbocycles. The van der Waals surface area contributed by atoms with E-state index >= 15 is 0 Å². The minimum Gasteiger partial charge on any atom is -0.383 e. The number of aryl methyl sites for hydroxylation is 1. The Balaban J connectivity index is 2.42. The molecule has 0 aliphatic heterocycles. The number of nitrogens with zero attached hydrogens (tertiary/aromatic N) is 2. The lowest BCUT2D eigenvalue weighted by Crippen LogP contribution is -2.05. The van der Waals surface area contributed by atoms with Crippen molar-refractivity contribution in [3.05, 3.63) is 35.4 Å². The van der Waals surface area contributed by atoms with E-state index < -0.39 is 0 Å². The molecule has 5 heteroatoms. The summed E-state index contributed by atoms with van der Waals surface area (Å²) in [6, 6.07) is 7.89. The number of nitrogens with two attached hydrogens (primary N) is 2. The van der Waals surface area contributed by atoms with Gasteiger partial charge in [-0.25, -0.2) is 0 Å². The van der Waals surface area contributed by atoms with Gasteiger partial charge < -0.3 is 16.8 Å². The number of anilines is 4. The fraction of sp³-hybridized carbons (Fsp3) is 0.286. The first-order valence-electron chi connectivity index (χ1n) is 6.24. The predicted octanol–water partition coefficient (Wildman–Crippen LogP) is 2.82. The van der Waals surface area contributed by atoms with Crippen LogP contribution in [0.3, 0.4) is 0 Å². The Hall–Kier alpha value is -2.30. The van der Waals surface area contributed by atoms with Crippen molar-refractivity contribution in [2.45, 2.75) is 26.7 Å². The van der Waals surface area contributed by atoms with Gasteiger partial charge in [-0.2, -0.15) is 9.97 Å². The molecule has 0 atom stereocenters. The molecule has 0 bridgehead atoms. The number of nitrogens with one attached hydrogen (secondary N) is 1. The quantitative estimate of drug-likeness (QED) is 0.786. The van der Waals surface area contributed by atoms with E-state index in [0.717, 1.165) is 11.3 Å². The van der Waals surface area contributed by atoms with Crippen molar-refractivity contribution in [1.82, 2.24) is 9.97 Å². The molecule has 0 spiro atoms. The Bertz CT molecular complexity index is 572. The Kier molecular flexibility index (Phi) is 3.55. The van der Waals surface area contributed by atoms with Gasteiger partial charge in [-0.1, -0.05) is 32.0 Å². The molecule has 2 rings (SSSR count). The Morgan fingerprint density at radius 1 is 1.16 bits per heavy atom. The molecule has 0 fully saturated rings. The van der Waals surface area contributed by atoms with E-state index in [1.165, 1.54) is 5.56 Å². The van der Waals surface area contributed by atoms with Gasteiger partial charge in [-0.15, -0.1) is 0 Å². The van der Waals surface area contributed by atoms with Gasteiger partial charge in [0.05, 0.1) is 0 Å². The summed E-state index contributed by atoms with van der Waals surface area (Å²) in [5.74, 6) is 1.55. The van der Waals surface area contributed by atoms with Crippen LogP contribution in [-0.4, -0.2) is 9.97 Å². The number of rotatable bonds is 3. The maximum Gasteiger partial charge on any atom is 0.223 e. The minimum absolute atomic E-state index is 0.169. The molecule has 0 saturated heterocycles. The molecule has 0 aliphatic carbocycles. The average molecular weight is 257 g/mol. The van der Waals surface area contributed by atoms with Crippen LogP contribution in [0.4, 0.5) is 23.3 Å². The Morgan fingerprint density at radius 3 is 2.53 bits per heavy atom. The first kappa shape index (κ1) is 13.1. The van der Waals surface area contributed by atoms with Crippen LogP contribution in [0.15, 0.2) is 24.3 Å². The van der Waals surface area contributed by atoms with Crippen molar-refractivity contribution in [2.24, 2.45) is 0 Å². The van der Waals surface area contributed by atoms with Crippen LogP contribution in [0.1, 0.15) is 30.9 Å². The van der Waals surface area contributed by atoms with Gasteiger partial charge in [0.25, 0.3) is 0 Å². The minimum atomic E-state index is 0.169. The summed E-state index contributed by atoms with van der Waals surface area (Å²) in [7, 11) is 0. The smallest absolute Gasteiger partial charge is 0.223 e. The topological polar surface area (TPSA) is 89.8 Å². The standard InChI is InChI=1S/C14H19N5/c1-8(2)10-6-4-5-9(3)13(10)18-12-7-11(15)17-14(16)19-12/h4-8H,1-3H3,(H5,15,16,17,18,19). The Morgan fingerprint density at radius 2 is 1.89 bits per heavy atom. The molecule has 1 aromatic carbocycles. The van der Waals surface area contributed by atoms with E-state index in [9.17, 15) is 0 Å². The maximum atomic E-state index is 5.68. The van der Waals surface area contributed by atoms with E-state index in [1.807, 2.05) is 0 Å². The highest BCUT2D eigenvalue weighted by Crippen LogP contribution is 2.30. The lowest BCUT2D eigenvalue weighted by molar-refractivity contribution is 0.867. The van der Waals surface area contributed by atoms with Gasteiger partial charge in [-0.05, 0) is 24.0 Å². The molecule has 0 aliphatic rings. The third kappa shape index (κ3) is 2.93. The van der Waals surface area contributed by atoms with Crippen LogP contribution >= 0.6 is 0 Å². The number of hydrogen-bond acceptors (Lipinski definition) is 5. The van der Waals surface area contributed by atoms with Crippen molar-refractivity contribution in [1.29, 1.82) is 0 Å². The van der Waals surface area contributed by atoms with Crippen LogP contribution in [0, 0.1) is 6.92 Å². The van der Waals surface area contributed by atoms with E-state index in [-0.39, 0.29) is 5.95 Å². The van der Waals surface area contributed by atoms with E-state index in [0.29, 0.717) is 17.6 Å². The summed E-state index contributed by atoms with van der Waals surface area (Å²) in [5, 5.41) is 3.29. The SMILES string of the molecule is Cc1cccc(C(C)C)c1Nc1cc(N)nc(N)n1. The second kappa shape index (κ2) is 5.14. The highest BCUT2D eigenvalue weighted by molar-refractivity contribution is 5.67. The third-order valence-corrected chi connectivity index (χ3v) is 2.94. The van der Waals surface area contributed by atoms with Gasteiger partial charge in [0.1, 0.15) is 11.6 Å². The molecule has 2 aromatic rings. The van der Waals surface area contributed by atoms with Crippen molar-refractivity contribution in [3.8, 4) is 0 Å². The number of para-hydroxylation sites is 1. The van der Waals surface area contributed by atoms with Crippen LogP contribution in [0.25, 0.3) is 0 Å². The normalized spacial score (nSPS) is 10.7. The van der Waals surface area contributed by atoms with E-state index in [4.69, 9.17) is 11.5 Å². The summed E-state index contributed by atoms with van der Waals surface area (Å²) in [5.41, 5.74) is 14.7. The maximum absolute atomic E-state index is 5.68. The summed E-state index contributed by atoms with van der Waals surface area (Å²) in [6.45, 7) is 6.37. The summed E-state index contributed by atoms with van der Waals surface area (Å²) < 4.78 is 0. The zero-order chi connectivity index (χ0) is 14.0. The van der Waals surface area contributed by atoms with E-state index in [2.05, 4.69) is 54.3 Å². The molecule has 1 heterocycles. The molecule has 0 amide bonds. The number of nitrogen functional groups attached to an aromatic ring is 2. The number of aromatic nitrogens is 2. The van der Waals surface area contributed by atoms with Crippen LogP contribution in [-0.2, 0) is 0 Å². The second-order valence-corrected chi connectivity index (χ2v) is 4.86. The van der Waals surface area contributed by atoms with Gasteiger partial charge in [-0.3, -0.25) is 0 Å². The van der Waals surface area contributed by atoms with Crippen molar-refractivity contribution < 1.29 is 0 Å². The molecular formula is C14H19N5. The first-order valence-corrected chi connectivity index (χ1v) is 6.24. The summed E-state index contributed by atoms with van der Waals surface area (Å²) >= 11 is 0. The molecule has 100 valence electrons. The Labute approximate surface area is 113 Å². The number of hydrogen-bond donors (Lipinski definition) is 3. The summed E-state index contributed by atoms with van der Waals surface area (Å²) in [4.78, 5) is 8.01. The fourth-order valence-electron chi connectivity index (χ4n) is 2.02. The van der Waals surface area contributed by atoms with E-state index in [1.54, 1.807) is 6.07 Å². The van der Waals surface area contributed by atoms with Gasteiger partial charge in [0, 0.05) is 11.8 Å². The molecule has 5 nitrogen and oxygen atoms in total. The summed E-state index contributed by atoms with van der Waals surface area (Å²) in [6.07, 6.45) is 0. The van der Waals surface area contributed by atoms with Crippen molar-refractivity contribution >= 4 is 23.3 Å². The van der Waals surface area contributed by atoms with Crippen LogP contribution in [0.2, 0.25) is 0 Å². The zero-order valence-electron chi connectivity index (χ0n) is 11.4. The molecular weight excluding hydrogens is 238 g/mol. The van der Waals surface area contributed by atoms with Gasteiger partial charge >= 0.3 is 0 Å². The van der Waals surface area contributed by atoms with Crippen molar-refractivity contribution in [3.63, 3.8) is 0 Å². The molecule has 19 heavy (non-hydrogen) atoms. The van der Waals surface area contributed by atoms with Crippen molar-refractivity contribution in [2.75, 3.05) is 16.8 Å². The highest BCUT2D eigenvalue weighted by Gasteiger charge is 2.10. The highest BCUT2D eigenvalue weighted by atomic mass is 15.1. The lowest BCUT2D eigenvalue weighted by Gasteiger charge is -2.17. The lowest BCUT2D eigenvalue weighted by atomic mass is 9.98. The molecule has 1 aromatic heterocycles. The number of benzene rings is 1. The third-order valence-electron chi connectivity index (χ3n) is 2.94. The average Bonchev–Trinajstić information content (AvgIpc) is 2.30. The zero-order valence-corrected chi connectivity index (χ0v) is 11.4. The van der Waals surface area contributed by atoms with Gasteiger partial charge in [0.15, 0.2) is 0 Å². The first-order chi connectivity index (χ1) is 8.97. The molecule has 0 unspecified atom stereocenters. The molecule has 0 radical (unpaired) electrons.